The van der Waals surface area contributed by atoms with E-state index in [9.17, 15) is 9.59 Å². The average Bonchev–Trinajstić information content (AvgIpc) is 2.56. The van der Waals surface area contributed by atoms with Crippen LogP contribution in [0.15, 0.2) is 42.5 Å². The van der Waals surface area contributed by atoms with Crippen LogP contribution in [0, 0.1) is 0 Å². The maximum atomic E-state index is 12.2. The van der Waals surface area contributed by atoms with Gasteiger partial charge >= 0.3 is 5.97 Å². The number of rotatable bonds is 5. The van der Waals surface area contributed by atoms with Gasteiger partial charge in [-0.15, -0.1) is 0 Å². The SMILES string of the molecule is COc1cc(NC(C)=O)c(OC(=O)c2ccccc2)cc1OC. The molecule has 0 unspecified atom stereocenters. The summed E-state index contributed by atoms with van der Waals surface area (Å²) in [6, 6.07) is 11.6. The van der Waals surface area contributed by atoms with E-state index in [0.717, 1.165) is 0 Å². The van der Waals surface area contributed by atoms with Crippen LogP contribution in [-0.4, -0.2) is 26.1 Å². The van der Waals surface area contributed by atoms with Gasteiger partial charge in [0.25, 0.3) is 0 Å². The van der Waals surface area contributed by atoms with Gasteiger partial charge in [0.2, 0.25) is 5.91 Å². The van der Waals surface area contributed by atoms with Crippen LogP contribution in [0.2, 0.25) is 0 Å². The molecule has 0 bridgehead atoms. The lowest BCUT2D eigenvalue weighted by molar-refractivity contribution is -0.114. The highest BCUT2D eigenvalue weighted by molar-refractivity contribution is 5.95. The number of carbonyl (C=O) groups is 2. The molecule has 0 radical (unpaired) electrons. The summed E-state index contributed by atoms with van der Waals surface area (Å²) in [5, 5.41) is 2.60. The van der Waals surface area contributed by atoms with Crippen molar-refractivity contribution in [2.24, 2.45) is 0 Å². The Hall–Kier alpha value is -3.02. The average molecular weight is 315 g/mol. The number of amides is 1. The summed E-state index contributed by atoms with van der Waals surface area (Å²) in [6.45, 7) is 1.36. The molecule has 0 aliphatic carbocycles. The van der Waals surface area contributed by atoms with E-state index in [1.165, 1.54) is 33.3 Å². The van der Waals surface area contributed by atoms with Crippen LogP contribution < -0.4 is 19.5 Å². The van der Waals surface area contributed by atoms with Gasteiger partial charge in [0.15, 0.2) is 17.2 Å². The fourth-order valence-electron chi connectivity index (χ4n) is 1.97. The molecule has 1 amide bonds. The van der Waals surface area contributed by atoms with Crippen molar-refractivity contribution in [1.29, 1.82) is 0 Å². The van der Waals surface area contributed by atoms with Crippen molar-refractivity contribution < 1.29 is 23.8 Å². The van der Waals surface area contributed by atoms with Crippen LogP contribution in [0.3, 0.4) is 0 Å². The molecule has 0 aliphatic heterocycles. The Morgan fingerprint density at radius 2 is 1.52 bits per heavy atom. The fourth-order valence-corrected chi connectivity index (χ4v) is 1.97. The molecule has 23 heavy (non-hydrogen) atoms. The summed E-state index contributed by atoms with van der Waals surface area (Å²) in [5.41, 5.74) is 0.718. The Balaban J connectivity index is 2.38. The minimum absolute atomic E-state index is 0.173. The van der Waals surface area contributed by atoms with Gasteiger partial charge in [-0.2, -0.15) is 0 Å². The number of carbonyl (C=O) groups excluding carboxylic acids is 2. The number of nitrogens with one attached hydrogen (secondary N) is 1. The van der Waals surface area contributed by atoms with Gasteiger partial charge in [-0.25, -0.2) is 4.79 Å². The Labute approximate surface area is 134 Å². The quantitative estimate of drug-likeness (QED) is 0.678. The minimum Gasteiger partial charge on any atom is -0.493 e. The van der Waals surface area contributed by atoms with Crippen LogP contribution in [-0.2, 0) is 4.79 Å². The molecular weight excluding hydrogens is 298 g/mol. The maximum absolute atomic E-state index is 12.2. The van der Waals surface area contributed by atoms with Crippen LogP contribution in [0.5, 0.6) is 17.2 Å². The van der Waals surface area contributed by atoms with Crippen LogP contribution in [0.1, 0.15) is 17.3 Å². The summed E-state index contributed by atoms with van der Waals surface area (Å²) < 4.78 is 15.8. The van der Waals surface area contributed by atoms with Crippen molar-refractivity contribution in [3.8, 4) is 17.2 Å². The predicted octanol–water partition coefficient (Wildman–Crippen LogP) is 2.88. The second-order valence-corrected chi connectivity index (χ2v) is 4.64. The number of methoxy groups -OCH3 is 2. The zero-order valence-electron chi connectivity index (χ0n) is 13.1. The molecule has 0 aliphatic rings. The molecule has 2 aromatic rings. The van der Waals surface area contributed by atoms with Crippen molar-refractivity contribution in [3.63, 3.8) is 0 Å². The van der Waals surface area contributed by atoms with Gasteiger partial charge in [0.1, 0.15) is 0 Å². The topological polar surface area (TPSA) is 73.9 Å². The molecule has 1 N–H and O–H groups in total. The van der Waals surface area contributed by atoms with Crippen molar-refractivity contribution in [1.82, 2.24) is 0 Å². The largest absolute Gasteiger partial charge is 0.493 e. The molecule has 0 saturated heterocycles. The molecule has 0 atom stereocenters. The van der Waals surface area contributed by atoms with E-state index in [1.807, 2.05) is 0 Å². The zero-order chi connectivity index (χ0) is 16.8. The third-order valence-electron chi connectivity index (χ3n) is 3.01. The molecule has 0 aromatic heterocycles. The Kier molecular flexibility index (Phi) is 5.19. The third kappa shape index (κ3) is 4.00. The van der Waals surface area contributed by atoms with E-state index in [-0.39, 0.29) is 11.7 Å². The third-order valence-corrected chi connectivity index (χ3v) is 3.01. The van der Waals surface area contributed by atoms with E-state index in [0.29, 0.717) is 22.7 Å². The number of benzene rings is 2. The van der Waals surface area contributed by atoms with Crippen molar-refractivity contribution in [2.45, 2.75) is 6.92 Å². The molecular formula is C17H17NO5. The van der Waals surface area contributed by atoms with Gasteiger partial charge in [-0.1, -0.05) is 18.2 Å². The van der Waals surface area contributed by atoms with Gasteiger partial charge in [-0.3, -0.25) is 4.79 Å². The highest BCUT2D eigenvalue weighted by Crippen LogP contribution is 2.38. The second kappa shape index (κ2) is 7.31. The molecule has 2 aromatic carbocycles. The van der Waals surface area contributed by atoms with Crippen LogP contribution >= 0.6 is 0 Å². The molecule has 0 saturated carbocycles. The number of esters is 1. The molecule has 2 rings (SSSR count). The van der Waals surface area contributed by atoms with Crippen LogP contribution in [0.25, 0.3) is 0 Å². The minimum atomic E-state index is -0.538. The first-order valence-electron chi connectivity index (χ1n) is 6.86. The maximum Gasteiger partial charge on any atom is 0.343 e. The van der Waals surface area contributed by atoms with Gasteiger partial charge in [0, 0.05) is 19.1 Å². The van der Waals surface area contributed by atoms with E-state index >= 15 is 0 Å². The summed E-state index contributed by atoms with van der Waals surface area (Å²) >= 11 is 0. The lowest BCUT2D eigenvalue weighted by Crippen LogP contribution is -2.12. The van der Waals surface area contributed by atoms with Crippen molar-refractivity contribution >= 4 is 17.6 Å². The summed E-state index contributed by atoms with van der Waals surface area (Å²) in [7, 11) is 2.95. The lowest BCUT2D eigenvalue weighted by Gasteiger charge is -2.15. The molecule has 0 heterocycles. The highest BCUT2D eigenvalue weighted by atomic mass is 16.5. The van der Waals surface area contributed by atoms with Crippen molar-refractivity contribution in [3.05, 3.63) is 48.0 Å². The Morgan fingerprint density at radius 1 is 0.913 bits per heavy atom. The zero-order valence-corrected chi connectivity index (χ0v) is 13.1. The summed E-state index contributed by atoms with van der Waals surface area (Å²) in [4.78, 5) is 23.6. The van der Waals surface area contributed by atoms with E-state index in [2.05, 4.69) is 5.32 Å². The molecule has 0 fully saturated rings. The number of ether oxygens (including phenoxy) is 3. The predicted molar refractivity (Wildman–Crippen MR) is 85.3 cm³/mol. The number of hydrogen-bond donors (Lipinski definition) is 1. The van der Waals surface area contributed by atoms with Gasteiger partial charge < -0.3 is 19.5 Å². The first-order valence-corrected chi connectivity index (χ1v) is 6.86. The molecule has 120 valence electrons. The Bertz CT molecular complexity index is 712. The number of hydrogen-bond acceptors (Lipinski definition) is 5. The normalized spacial score (nSPS) is 9.87. The standard InChI is InChI=1S/C17H17NO5/c1-11(19)18-13-9-15(21-2)16(22-3)10-14(13)23-17(20)12-7-5-4-6-8-12/h4-10H,1-3H3,(H,18,19). The summed E-state index contributed by atoms with van der Waals surface area (Å²) in [6.07, 6.45) is 0. The molecule has 6 nitrogen and oxygen atoms in total. The monoisotopic (exact) mass is 315 g/mol. The summed E-state index contributed by atoms with van der Waals surface area (Å²) in [5.74, 6) is 0.138. The van der Waals surface area contributed by atoms with Crippen LogP contribution in [0.4, 0.5) is 5.69 Å². The van der Waals surface area contributed by atoms with E-state index in [4.69, 9.17) is 14.2 Å². The lowest BCUT2D eigenvalue weighted by atomic mass is 10.2. The first-order chi connectivity index (χ1) is 11.0. The van der Waals surface area contributed by atoms with Crippen molar-refractivity contribution in [2.75, 3.05) is 19.5 Å². The van der Waals surface area contributed by atoms with E-state index < -0.39 is 5.97 Å². The molecule has 0 spiro atoms. The van der Waals surface area contributed by atoms with Gasteiger partial charge in [-0.05, 0) is 12.1 Å². The number of anilines is 1. The molecule has 6 heteroatoms. The second-order valence-electron chi connectivity index (χ2n) is 4.64. The highest BCUT2D eigenvalue weighted by Gasteiger charge is 2.17. The fraction of sp³-hybridized carbons (Fsp3) is 0.176. The van der Waals surface area contributed by atoms with Gasteiger partial charge in [0.05, 0.1) is 25.5 Å². The first kappa shape index (κ1) is 16.4. The smallest absolute Gasteiger partial charge is 0.343 e. The Morgan fingerprint density at radius 3 is 2.09 bits per heavy atom. The van der Waals surface area contributed by atoms with E-state index in [1.54, 1.807) is 30.3 Å².